The third-order valence-electron chi connectivity index (χ3n) is 3.43. The van der Waals surface area contributed by atoms with E-state index >= 15 is 0 Å². The third-order valence-corrected chi connectivity index (χ3v) is 3.43. The smallest absolute Gasteiger partial charge is 0.141 e. The van der Waals surface area contributed by atoms with Gasteiger partial charge < -0.3 is 5.32 Å². The molecule has 1 aromatic rings. The van der Waals surface area contributed by atoms with Gasteiger partial charge in [-0.15, -0.1) is 0 Å². The van der Waals surface area contributed by atoms with Gasteiger partial charge >= 0.3 is 0 Å². The second-order valence-corrected chi connectivity index (χ2v) is 5.83. The van der Waals surface area contributed by atoms with Gasteiger partial charge in [-0.25, -0.2) is 4.39 Å². The Hall–Kier alpha value is -0.960. The lowest BCUT2D eigenvalue weighted by Crippen LogP contribution is -2.31. The van der Waals surface area contributed by atoms with Gasteiger partial charge in [0, 0.05) is 12.2 Å². The minimum atomic E-state index is -0.278. The quantitative estimate of drug-likeness (QED) is 0.867. The lowest BCUT2D eigenvalue weighted by atomic mass is 9.82. The SMILES string of the molecule is CC(NCC(C)C(C)(C)C)c1cncc(F)c1. The molecule has 2 unspecified atom stereocenters. The third kappa shape index (κ3) is 4.43. The zero-order valence-electron chi connectivity index (χ0n) is 11.4. The molecule has 0 amide bonds. The van der Waals surface area contributed by atoms with E-state index in [-0.39, 0.29) is 17.3 Å². The lowest BCUT2D eigenvalue weighted by Gasteiger charge is -2.28. The summed E-state index contributed by atoms with van der Waals surface area (Å²) in [6.07, 6.45) is 2.94. The summed E-state index contributed by atoms with van der Waals surface area (Å²) in [6.45, 7) is 11.9. The van der Waals surface area contributed by atoms with Gasteiger partial charge in [0.05, 0.1) is 6.20 Å². The molecule has 1 rings (SSSR count). The summed E-state index contributed by atoms with van der Waals surface area (Å²) in [6, 6.07) is 1.66. The van der Waals surface area contributed by atoms with Crippen molar-refractivity contribution in [2.75, 3.05) is 6.54 Å². The second kappa shape index (κ2) is 5.58. The van der Waals surface area contributed by atoms with Gasteiger partial charge in [0.2, 0.25) is 0 Å². The largest absolute Gasteiger partial charge is 0.310 e. The predicted molar refractivity (Wildman–Crippen MR) is 69.2 cm³/mol. The minimum absolute atomic E-state index is 0.128. The first-order valence-electron chi connectivity index (χ1n) is 6.14. The lowest BCUT2D eigenvalue weighted by molar-refractivity contribution is 0.247. The Morgan fingerprint density at radius 1 is 1.29 bits per heavy atom. The Morgan fingerprint density at radius 3 is 2.47 bits per heavy atom. The van der Waals surface area contributed by atoms with E-state index in [4.69, 9.17) is 0 Å². The Balaban J connectivity index is 2.53. The van der Waals surface area contributed by atoms with Crippen LogP contribution in [0.15, 0.2) is 18.5 Å². The molecular formula is C14H23FN2. The van der Waals surface area contributed by atoms with Gasteiger partial charge in [-0.3, -0.25) is 4.98 Å². The second-order valence-electron chi connectivity index (χ2n) is 5.83. The maximum atomic E-state index is 13.0. The number of aromatic nitrogens is 1. The molecule has 0 spiro atoms. The van der Waals surface area contributed by atoms with E-state index in [0.29, 0.717) is 5.92 Å². The molecule has 3 heteroatoms. The first-order valence-corrected chi connectivity index (χ1v) is 6.14. The standard InChI is InChI=1S/C14H23FN2/c1-10(14(3,4)5)7-17-11(2)12-6-13(15)9-16-8-12/h6,8-11,17H,7H2,1-5H3. The Morgan fingerprint density at radius 2 is 1.94 bits per heavy atom. The molecule has 0 fully saturated rings. The number of nitrogens with one attached hydrogen (secondary N) is 1. The van der Waals surface area contributed by atoms with Gasteiger partial charge in [-0.2, -0.15) is 0 Å². The average molecular weight is 238 g/mol. The maximum absolute atomic E-state index is 13.0. The average Bonchev–Trinajstić information content (AvgIpc) is 2.24. The highest BCUT2D eigenvalue weighted by Crippen LogP contribution is 2.25. The fourth-order valence-electron chi connectivity index (χ4n) is 1.44. The fraction of sp³-hybridized carbons (Fsp3) is 0.643. The maximum Gasteiger partial charge on any atom is 0.141 e. The van der Waals surface area contributed by atoms with Crippen LogP contribution in [0.4, 0.5) is 4.39 Å². The Labute approximate surface area is 104 Å². The van der Waals surface area contributed by atoms with Crippen LogP contribution in [-0.4, -0.2) is 11.5 Å². The van der Waals surface area contributed by atoms with Crippen molar-refractivity contribution >= 4 is 0 Å². The van der Waals surface area contributed by atoms with Crippen LogP contribution in [0.3, 0.4) is 0 Å². The van der Waals surface area contributed by atoms with Crippen LogP contribution in [0.2, 0.25) is 0 Å². The zero-order valence-corrected chi connectivity index (χ0v) is 11.4. The molecule has 0 saturated carbocycles. The van der Waals surface area contributed by atoms with E-state index < -0.39 is 0 Å². The van der Waals surface area contributed by atoms with Crippen LogP contribution >= 0.6 is 0 Å². The topological polar surface area (TPSA) is 24.9 Å². The van der Waals surface area contributed by atoms with Gasteiger partial charge in [-0.1, -0.05) is 27.7 Å². The monoisotopic (exact) mass is 238 g/mol. The van der Waals surface area contributed by atoms with Crippen molar-refractivity contribution in [2.24, 2.45) is 11.3 Å². The van der Waals surface area contributed by atoms with Gasteiger partial charge in [0.1, 0.15) is 5.82 Å². The molecule has 0 aromatic carbocycles. The predicted octanol–water partition coefficient (Wildman–Crippen LogP) is 3.55. The van der Waals surface area contributed by atoms with Gasteiger partial charge in [0.15, 0.2) is 0 Å². The molecule has 2 atom stereocenters. The van der Waals surface area contributed by atoms with E-state index in [1.165, 1.54) is 12.3 Å². The number of hydrogen-bond donors (Lipinski definition) is 1. The Kier molecular flexibility index (Phi) is 4.63. The number of rotatable bonds is 4. The molecule has 2 nitrogen and oxygen atoms in total. The van der Waals surface area contributed by atoms with Crippen molar-refractivity contribution in [3.8, 4) is 0 Å². The van der Waals surface area contributed by atoms with Crippen LogP contribution in [0.1, 0.15) is 46.2 Å². The van der Waals surface area contributed by atoms with E-state index in [1.54, 1.807) is 6.20 Å². The molecule has 0 saturated heterocycles. The molecule has 0 aliphatic rings. The molecule has 96 valence electrons. The number of pyridine rings is 1. The summed E-state index contributed by atoms with van der Waals surface area (Å²) in [5.41, 5.74) is 1.18. The summed E-state index contributed by atoms with van der Waals surface area (Å²) >= 11 is 0. The van der Waals surface area contributed by atoms with Crippen molar-refractivity contribution in [2.45, 2.75) is 40.7 Å². The van der Waals surface area contributed by atoms with Crippen molar-refractivity contribution in [3.63, 3.8) is 0 Å². The fourth-order valence-corrected chi connectivity index (χ4v) is 1.44. The molecule has 17 heavy (non-hydrogen) atoms. The van der Waals surface area contributed by atoms with E-state index in [2.05, 4.69) is 38.0 Å². The summed E-state index contributed by atoms with van der Waals surface area (Å²) < 4.78 is 13.0. The summed E-state index contributed by atoms with van der Waals surface area (Å²) in [4.78, 5) is 3.87. The highest BCUT2D eigenvalue weighted by Gasteiger charge is 2.20. The van der Waals surface area contributed by atoms with E-state index in [1.807, 2.05) is 6.92 Å². The van der Waals surface area contributed by atoms with Crippen LogP contribution in [-0.2, 0) is 0 Å². The summed E-state index contributed by atoms with van der Waals surface area (Å²) in [5.74, 6) is 0.284. The van der Waals surface area contributed by atoms with Crippen LogP contribution in [0.25, 0.3) is 0 Å². The van der Waals surface area contributed by atoms with Crippen molar-refractivity contribution in [3.05, 3.63) is 29.8 Å². The normalized spacial score (nSPS) is 15.6. The van der Waals surface area contributed by atoms with Crippen molar-refractivity contribution < 1.29 is 4.39 Å². The molecule has 0 aliphatic heterocycles. The van der Waals surface area contributed by atoms with E-state index in [9.17, 15) is 4.39 Å². The highest BCUT2D eigenvalue weighted by molar-refractivity contribution is 5.14. The first-order chi connectivity index (χ1) is 7.80. The highest BCUT2D eigenvalue weighted by atomic mass is 19.1. The number of hydrogen-bond acceptors (Lipinski definition) is 2. The molecule has 1 aromatic heterocycles. The van der Waals surface area contributed by atoms with E-state index in [0.717, 1.165) is 12.1 Å². The molecule has 0 bridgehead atoms. The van der Waals surface area contributed by atoms with Crippen molar-refractivity contribution in [1.82, 2.24) is 10.3 Å². The summed E-state index contributed by atoms with van der Waals surface area (Å²) in [7, 11) is 0. The summed E-state index contributed by atoms with van der Waals surface area (Å²) in [5, 5.41) is 3.43. The number of nitrogens with zero attached hydrogens (tertiary/aromatic N) is 1. The molecule has 1 heterocycles. The zero-order chi connectivity index (χ0) is 13.1. The van der Waals surface area contributed by atoms with Crippen LogP contribution in [0.5, 0.6) is 0 Å². The van der Waals surface area contributed by atoms with Crippen LogP contribution < -0.4 is 5.32 Å². The molecule has 1 N–H and O–H groups in total. The van der Waals surface area contributed by atoms with Crippen LogP contribution in [0, 0.1) is 17.2 Å². The minimum Gasteiger partial charge on any atom is -0.310 e. The molecule has 0 radical (unpaired) electrons. The molecular weight excluding hydrogens is 215 g/mol. The first kappa shape index (κ1) is 14.1. The van der Waals surface area contributed by atoms with Gasteiger partial charge in [-0.05, 0) is 36.4 Å². The number of halogens is 1. The molecule has 0 aliphatic carbocycles. The van der Waals surface area contributed by atoms with Crippen molar-refractivity contribution in [1.29, 1.82) is 0 Å². The van der Waals surface area contributed by atoms with Gasteiger partial charge in [0.25, 0.3) is 0 Å². The Bertz CT molecular complexity index is 357.